The average Bonchev–Trinajstić information content (AvgIpc) is 2.18. The van der Waals surface area contributed by atoms with Gasteiger partial charge in [0.1, 0.15) is 12.1 Å². The highest BCUT2D eigenvalue weighted by molar-refractivity contribution is 5.95. The molecular weight excluding hydrogens is 185 g/mol. The Morgan fingerprint density at radius 1 is 1.50 bits per heavy atom. The van der Waals surface area contributed by atoms with E-state index in [9.17, 15) is 14.0 Å². The summed E-state index contributed by atoms with van der Waals surface area (Å²) >= 11 is 0. The normalized spacial score (nSPS) is 9.57. The lowest BCUT2D eigenvalue weighted by atomic mass is 10.2. The second kappa shape index (κ2) is 4.50. The maximum Gasteiger partial charge on any atom is 0.256 e. The fraction of sp³-hybridized carbons (Fsp3) is 0.200. The van der Waals surface area contributed by atoms with Crippen molar-refractivity contribution in [3.05, 3.63) is 35.6 Å². The molecule has 1 rings (SSSR count). The Hall–Kier alpha value is -1.71. The van der Waals surface area contributed by atoms with Gasteiger partial charge >= 0.3 is 0 Å². The van der Waals surface area contributed by atoms with Crippen molar-refractivity contribution in [2.75, 3.05) is 13.6 Å². The second-order valence-corrected chi connectivity index (χ2v) is 2.83. The van der Waals surface area contributed by atoms with E-state index >= 15 is 0 Å². The predicted octanol–water partition coefficient (Wildman–Crippen LogP) is 1.10. The fourth-order valence-electron chi connectivity index (χ4n) is 1.03. The van der Waals surface area contributed by atoms with Crippen molar-refractivity contribution in [3.8, 4) is 0 Å². The van der Waals surface area contributed by atoms with E-state index in [0.29, 0.717) is 6.29 Å². The molecule has 0 heterocycles. The van der Waals surface area contributed by atoms with Gasteiger partial charge in [-0.2, -0.15) is 0 Å². The van der Waals surface area contributed by atoms with E-state index in [4.69, 9.17) is 0 Å². The molecular formula is C10H10FNO2. The Morgan fingerprint density at radius 2 is 2.14 bits per heavy atom. The number of carbonyl (C=O) groups is 2. The molecule has 0 unspecified atom stereocenters. The zero-order chi connectivity index (χ0) is 10.6. The van der Waals surface area contributed by atoms with Gasteiger partial charge in [0.15, 0.2) is 0 Å². The van der Waals surface area contributed by atoms with Gasteiger partial charge in [-0.1, -0.05) is 12.1 Å². The van der Waals surface area contributed by atoms with Crippen LogP contribution < -0.4 is 0 Å². The standard InChI is InChI=1S/C10H10FNO2/c1-12(6-7-13)10(14)8-4-2-3-5-9(8)11/h2-5,7H,6H2,1H3. The summed E-state index contributed by atoms with van der Waals surface area (Å²) in [6, 6.07) is 5.68. The number of rotatable bonds is 3. The third-order valence-corrected chi connectivity index (χ3v) is 1.80. The summed E-state index contributed by atoms with van der Waals surface area (Å²) < 4.78 is 13.1. The number of likely N-dealkylation sites (N-methyl/N-ethyl adjacent to an activating group) is 1. The summed E-state index contributed by atoms with van der Waals surface area (Å²) in [5, 5.41) is 0. The molecule has 0 aliphatic heterocycles. The number of carbonyl (C=O) groups excluding carboxylic acids is 2. The number of nitrogens with zero attached hydrogens (tertiary/aromatic N) is 1. The Kier molecular flexibility index (Phi) is 3.34. The van der Waals surface area contributed by atoms with Crippen LogP contribution in [0.5, 0.6) is 0 Å². The monoisotopic (exact) mass is 195 g/mol. The van der Waals surface area contributed by atoms with Gasteiger partial charge in [0.25, 0.3) is 5.91 Å². The van der Waals surface area contributed by atoms with E-state index in [0.717, 1.165) is 4.90 Å². The minimum Gasteiger partial charge on any atom is -0.335 e. The highest BCUT2D eigenvalue weighted by Gasteiger charge is 2.14. The van der Waals surface area contributed by atoms with Crippen LogP contribution in [-0.4, -0.2) is 30.7 Å². The van der Waals surface area contributed by atoms with Crippen LogP contribution in [0.2, 0.25) is 0 Å². The smallest absolute Gasteiger partial charge is 0.256 e. The zero-order valence-corrected chi connectivity index (χ0v) is 7.74. The molecule has 1 amide bonds. The number of benzene rings is 1. The SMILES string of the molecule is CN(CC=O)C(=O)c1ccccc1F. The van der Waals surface area contributed by atoms with Crippen LogP contribution in [-0.2, 0) is 4.79 Å². The highest BCUT2D eigenvalue weighted by atomic mass is 19.1. The molecule has 0 radical (unpaired) electrons. The van der Waals surface area contributed by atoms with Gasteiger partial charge in [0.05, 0.1) is 12.1 Å². The summed E-state index contributed by atoms with van der Waals surface area (Å²) in [6.45, 7) is -0.0346. The van der Waals surface area contributed by atoms with Crippen molar-refractivity contribution in [2.45, 2.75) is 0 Å². The number of halogens is 1. The Bertz CT molecular complexity index is 352. The molecule has 1 aromatic rings. The summed E-state index contributed by atoms with van der Waals surface area (Å²) in [6.07, 6.45) is 0.596. The molecule has 4 heteroatoms. The molecule has 0 saturated carbocycles. The lowest BCUT2D eigenvalue weighted by Crippen LogP contribution is -2.29. The summed E-state index contributed by atoms with van der Waals surface area (Å²) in [5.41, 5.74) is -0.0168. The molecule has 0 aliphatic rings. The summed E-state index contributed by atoms with van der Waals surface area (Å²) in [4.78, 5) is 22.8. The number of hydrogen-bond acceptors (Lipinski definition) is 2. The summed E-state index contributed by atoms with van der Waals surface area (Å²) in [5.74, 6) is -1.06. The highest BCUT2D eigenvalue weighted by Crippen LogP contribution is 2.08. The maximum absolute atomic E-state index is 13.1. The fourth-order valence-corrected chi connectivity index (χ4v) is 1.03. The van der Waals surface area contributed by atoms with Crippen molar-refractivity contribution in [2.24, 2.45) is 0 Å². The predicted molar refractivity (Wildman–Crippen MR) is 49.4 cm³/mol. The van der Waals surface area contributed by atoms with Crippen molar-refractivity contribution >= 4 is 12.2 Å². The number of amides is 1. The quantitative estimate of drug-likeness (QED) is 0.677. The van der Waals surface area contributed by atoms with E-state index in [-0.39, 0.29) is 12.1 Å². The zero-order valence-electron chi connectivity index (χ0n) is 7.74. The molecule has 0 N–H and O–H groups in total. The molecule has 3 nitrogen and oxygen atoms in total. The van der Waals surface area contributed by atoms with E-state index in [2.05, 4.69) is 0 Å². The molecule has 0 fully saturated rings. The minimum atomic E-state index is -0.574. The molecule has 0 aromatic heterocycles. The van der Waals surface area contributed by atoms with E-state index in [1.54, 1.807) is 6.07 Å². The van der Waals surface area contributed by atoms with Gasteiger partial charge in [0.2, 0.25) is 0 Å². The van der Waals surface area contributed by atoms with Crippen molar-refractivity contribution in [1.82, 2.24) is 4.90 Å². The first-order valence-electron chi connectivity index (χ1n) is 4.10. The second-order valence-electron chi connectivity index (χ2n) is 2.83. The van der Waals surface area contributed by atoms with Gasteiger partial charge in [-0.05, 0) is 12.1 Å². The molecule has 0 aliphatic carbocycles. The topological polar surface area (TPSA) is 37.4 Å². The maximum atomic E-state index is 13.1. The molecule has 0 atom stereocenters. The van der Waals surface area contributed by atoms with Crippen LogP contribution in [0.25, 0.3) is 0 Å². The third-order valence-electron chi connectivity index (χ3n) is 1.80. The summed E-state index contributed by atoms with van der Waals surface area (Å²) in [7, 11) is 1.45. The van der Waals surface area contributed by atoms with E-state index in [1.807, 2.05) is 0 Å². The Labute approximate surface area is 81.1 Å². The van der Waals surface area contributed by atoms with Gasteiger partial charge in [-0.15, -0.1) is 0 Å². The average molecular weight is 195 g/mol. The van der Waals surface area contributed by atoms with E-state index < -0.39 is 11.7 Å². The number of aldehydes is 1. The molecule has 1 aromatic carbocycles. The lowest BCUT2D eigenvalue weighted by molar-refractivity contribution is -0.108. The Morgan fingerprint density at radius 3 is 2.71 bits per heavy atom. The first-order valence-corrected chi connectivity index (χ1v) is 4.10. The lowest BCUT2D eigenvalue weighted by Gasteiger charge is -2.13. The van der Waals surface area contributed by atoms with Crippen LogP contribution >= 0.6 is 0 Å². The van der Waals surface area contributed by atoms with Crippen molar-refractivity contribution in [3.63, 3.8) is 0 Å². The van der Waals surface area contributed by atoms with Gasteiger partial charge in [-0.25, -0.2) is 4.39 Å². The van der Waals surface area contributed by atoms with Crippen LogP contribution in [0.1, 0.15) is 10.4 Å². The van der Waals surface area contributed by atoms with Crippen LogP contribution in [0.3, 0.4) is 0 Å². The van der Waals surface area contributed by atoms with Crippen LogP contribution in [0.4, 0.5) is 4.39 Å². The molecule has 0 spiro atoms. The van der Waals surface area contributed by atoms with Crippen LogP contribution in [0.15, 0.2) is 24.3 Å². The molecule has 14 heavy (non-hydrogen) atoms. The first kappa shape index (κ1) is 10.4. The van der Waals surface area contributed by atoms with Crippen molar-refractivity contribution < 1.29 is 14.0 Å². The van der Waals surface area contributed by atoms with Crippen LogP contribution in [0, 0.1) is 5.82 Å². The molecule has 74 valence electrons. The van der Waals surface area contributed by atoms with E-state index in [1.165, 1.54) is 25.2 Å². The first-order chi connectivity index (χ1) is 6.66. The third kappa shape index (κ3) is 2.16. The minimum absolute atomic E-state index is 0.0168. The largest absolute Gasteiger partial charge is 0.335 e. The molecule has 0 bridgehead atoms. The Balaban J connectivity index is 2.89. The van der Waals surface area contributed by atoms with Gasteiger partial charge in [0, 0.05) is 7.05 Å². The number of hydrogen-bond donors (Lipinski definition) is 0. The van der Waals surface area contributed by atoms with Gasteiger partial charge < -0.3 is 9.69 Å². The van der Waals surface area contributed by atoms with Gasteiger partial charge in [-0.3, -0.25) is 4.79 Å². The molecule has 0 saturated heterocycles. The van der Waals surface area contributed by atoms with Crippen molar-refractivity contribution in [1.29, 1.82) is 0 Å².